The van der Waals surface area contributed by atoms with E-state index in [2.05, 4.69) is 11.9 Å². The molecule has 0 saturated carbocycles. The molecule has 1 heterocycles. The van der Waals surface area contributed by atoms with Gasteiger partial charge in [0.05, 0.1) is 0 Å². The molecule has 1 aliphatic carbocycles. The largest absolute Gasteiger partial charge is 0.399 e. The van der Waals surface area contributed by atoms with E-state index in [1.165, 1.54) is 0 Å². The summed E-state index contributed by atoms with van der Waals surface area (Å²) in [6.07, 6.45) is 6.24. The van der Waals surface area contributed by atoms with Gasteiger partial charge in [0.2, 0.25) is 0 Å². The van der Waals surface area contributed by atoms with Crippen LogP contribution in [0.3, 0.4) is 0 Å². The Hall–Kier alpha value is -1.81. The van der Waals surface area contributed by atoms with Crippen molar-refractivity contribution in [3.63, 3.8) is 0 Å². The molecule has 3 N–H and O–H groups in total. The molecule has 1 aromatic carbocycles. The number of aliphatic hydroxyl groups is 1. The second-order valence-corrected chi connectivity index (χ2v) is 5.22. The van der Waals surface area contributed by atoms with Crippen molar-refractivity contribution in [2.75, 3.05) is 5.73 Å². The van der Waals surface area contributed by atoms with Crippen LogP contribution < -0.4 is 5.73 Å². The van der Waals surface area contributed by atoms with Crippen LogP contribution >= 0.6 is 0 Å². The Morgan fingerprint density at radius 1 is 1.47 bits per heavy atom. The molecule has 2 aromatic rings. The molecule has 3 rings (SSSR count). The maximum absolute atomic E-state index is 11.1. The number of aryl methyl sites for hydroxylation is 2. The fourth-order valence-corrected chi connectivity index (χ4v) is 3.00. The summed E-state index contributed by atoms with van der Waals surface area (Å²) in [5, 5.41) is 11.1. The second-order valence-electron chi connectivity index (χ2n) is 5.22. The van der Waals surface area contributed by atoms with Crippen molar-refractivity contribution in [2.45, 2.75) is 38.3 Å². The molecule has 0 aliphatic heterocycles. The highest BCUT2D eigenvalue weighted by Gasteiger charge is 2.41. The highest BCUT2D eigenvalue weighted by molar-refractivity contribution is 5.50. The van der Waals surface area contributed by atoms with Crippen LogP contribution in [0.15, 0.2) is 30.6 Å². The van der Waals surface area contributed by atoms with Gasteiger partial charge in [0.1, 0.15) is 11.4 Å². The molecule has 0 bridgehead atoms. The van der Waals surface area contributed by atoms with Gasteiger partial charge in [0.25, 0.3) is 0 Å². The second kappa shape index (κ2) is 4.38. The van der Waals surface area contributed by atoms with Crippen LogP contribution in [-0.2, 0) is 18.6 Å². The summed E-state index contributed by atoms with van der Waals surface area (Å²) >= 11 is 0. The first kappa shape index (κ1) is 12.2. The number of hydrogen-bond donors (Lipinski definition) is 2. The molecular formula is C15H19N3O. The summed E-state index contributed by atoms with van der Waals surface area (Å²) in [4.78, 5) is 4.39. The Morgan fingerprint density at radius 2 is 2.32 bits per heavy atom. The zero-order valence-electron chi connectivity index (χ0n) is 11.1. The smallest absolute Gasteiger partial charge is 0.148 e. The molecular weight excluding hydrogens is 238 g/mol. The third kappa shape index (κ3) is 1.83. The van der Waals surface area contributed by atoms with E-state index in [-0.39, 0.29) is 0 Å². The normalized spacial score (nSPS) is 21.6. The lowest BCUT2D eigenvalue weighted by atomic mass is 9.94. The van der Waals surface area contributed by atoms with Gasteiger partial charge in [0, 0.05) is 24.6 Å². The van der Waals surface area contributed by atoms with Gasteiger partial charge in [-0.1, -0.05) is 13.0 Å². The first-order valence-electron chi connectivity index (χ1n) is 6.78. The van der Waals surface area contributed by atoms with E-state index < -0.39 is 5.60 Å². The summed E-state index contributed by atoms with van der Waals surface area (Å²) in [5.41, 5.74) is 7.67. The van der Waals surface area contributed by atoms with Crippen LogP contribution in [0.1, 0.15) is 36.7 Å². The van der Waals surface area contributed by atoms with E-state index in [1.54, 1.807) is 6.20 Å². The number of benzene rings is 1. The van der Waals surface area contributed by atoms with Crippen LogP contribution in [0.2, 0.25) is 0 Å². The molecule has 0 amide bonds. The van der Waals surface area contributed by atoms with E-state index in [4.69, 9.17) is 5.73 Å². The van der Waals surface area contributed by atoms with Crippen molar-refractivity contribution in [1.29, 1.82) is 0 Å². The van der Waals surface area contributed by atoms with Gasteiger partial charge in [-0.2, -0.15) is 0 Å². The minimum Gasteiger partial charge on any atom is -0.399 e. The SMILES string of the molecule is CCCn1ccnc1C1(O)CCc2cc(N)ccc21. The lowest BCUT2D eigenvalue weighted by Gasteiger charge is -2.24. The molecule has 1 aliphatic rings. The molecule has 0 saturated heterocycles. The van der Waals surface area contributed by atoms with E-state index in [9.17, 15) is 5.11 Å². The summed E-state index contributed by atoms with van der Waals surface area (Å²) in [6.45, 7) is 3.00. The molecule has 100 valence electrons. The molecule has 1 atom stereocenters. The first-order valence-corrected chi connectivity index (χ1v) is 6.78. The predicted octanol–water partition coefficient (Wildman–Crippen LogP) is 2.06. The standard InChI is InChI=1S/C15H19N3O/c1-2-8-18-9-7-17-14(18)15(19)6-5-11-10-12(16)3-4-13(11)15/h3-4,7,9-10,19H,2,5-6,8,16H2,1H3. The molecule has 19 heavy (non-hydrogen) atoms. The van der Waals surface area contributed by atoms with Crippen molar-refractivity contribution in [3.8, 4) is 0 Å². The van der Waals surface area contributed by atoms with E-state index in [0.717, 1.165) is 42.0 Å². The average Bonchev–Trinajstić information content (AvgIpc) is 2.96. The molecule has 0 radical (unpaired) electrons. The van der Waals surface area contributed by atoms with Crippen molar-refractivity contribution in [2.24, 2.45) is 0 Å². The zero-order valence-corrected chi connectivity index (χ0v) is 11.1. The fourth-order valence-electron chi connectivity index (χ4n) is 3.00. The van der Waals surface area contributed by atoms with E-state index in [1.807, 2.05) is 29.0 Å². The van der Waals surface area contributed by atoms with Gasteiger partial charge in [-0.15, -0.1) is 0 Å². The topological polar surface area (TPSA) is 64.1 Å². The number of imidazole rings is 1. The number of nitrogen functional groups attached to an aromatic ring is 1. The Labute approximate surface area is 112 Å². The number of aromatic nitrogens is 2. The van der Waals surface area contributed by atoms with Crippen LogP contribution in [0.4, 0.5) is 5.69 Å². The summed E-state index contributed by atoms with van der Waals surface area (Å²) in [7, 11) is 0. The van der Waals surface area contributed by atoms with Gasteiger partial charge in [-0.05, 0) is 42.5 Å². The minimum atomic E-state index is -0.971. The van der Waals surface area contributed by atoms with Crippen molar-refractivity contribution < 1.29 is 5.11 Å². The van der Waals surface area contributed by atoms with Crippen molar-refractivity contribution in [1.82, 2.24) is 9.55 Å². The highest BCUT2D eigenvalue weighted by Crippen LogP contribution is 2.41. The Morgan fingerprint density at radius 3 is 3.11 bits per heavy atom. The number of rotatable bonds is 3. The van der Waals surface area contributed by atoms with Crippen LogP contribution in [0, 0.1) is 0 Å². The van der Waals surface area contributed by atoms with Crippen LogP contribution in [0.5, 0.6) is 0 Å². The summed E-state index contributed by atoms with van der Waals surface area (Å²) < 4.78 is 2.05. The average molecular weight is 257 g/mol. The lowest BCUT2D eigenvalue weighted by Crippen LogP contribution is -2.28. The van der Waals surface area contributed by atoms with E-state index >= 15 is 0 Å². The first-order chi connectivity index (χ1) is 9.15. The van der Waals surface area contributed by atoms with Gasteiger partial charge in [0.15, 0.2) is 0 Å². The van der Waals surface area contributed by atoms with Crippen LogP contribution in [-0.4, -0.2) is 14.7 Å². The van der Waals surface area contributed by atoms with Crippen molar-refractivity contribution in [3.05, 3.63) is 47.5 Å². The Bertz CT molecular complexity index is 605. The van der Waals surface area contributed by atoms with Gasteiger partial charge in [-0.3, -0.25) is 0 Å². The maximum atomic E-state index is 11.1. The third-order valence-corrected chi connectivity index (χ3v) is 3.88. The number of fused-ring (bicyclic) bond motifs is 1. The quantitative estimate of drug-likeness (QED) is 0.827. The Kier molecular flexibility index (Phi) is 2.82. The Balaban J connectivity index is 2.08. The number of hydrogen-bond acceptors (Lipinski definition) is 3. The molecule has 1 aromatic heterocycles. The zero-order chi connectivity index (χ0) is 13.5. The van der Waals surface area contributed by atoms with Crippen molar-refractivity contribution >= 4 is 5.69 Å². The third-order valence-electron chi connectivity index (χ3n) is 3.88. The van der Waals surface area contributed by atoms with Gasteiger partial charge >= 0.3 is 0 Å². The van der Waals surface area contributed by atoms with Crippen LogP contribution in [0.25, 0.3) is 0 Å². The van der Waals surface area contributed by atoms with E-state index in [0.29, 0.717) is 6.42 Å². The number of nitrogens with zero attached hydrogens (tertiary/aromatic N) is 2. The van der Waals surface area contributed by atoms with Gasteiger partial charge in [-0.25, -0.2) is 4.98 Å². The number of nitrogens with two attached hydrogens (primary N) is 1. The predicted molar refractivity (Wildman–Crippen MR) is 74.7 cm³/mol. The molecule has 1 unspecified atom stereocenters. The monoisotopic (exact) mass is 257 g/mol. The van der Waals surface area contributed by atoms with Gasteiger partial charge < -0.3 is 15.4 Å². The fraction of sp³-hybridized carbons (Fsp3) is 0.400. The summed E-state index contributed by atoms with van der Waals surface area (Å²) in [6, 6.07) is 5.74. The molecule has 4 nitrogen and oxygen atoms in total. The molecule has 4 heteroatoms. The lowest BCUT2D eigenvalue weighted by molar-refractivity contribution is 0.0692. The molecule has 0 fully saturated rings. The maximum Gasteiger partial charge on any atom is 0.148 e. The minimum absolute atomic E-state index is 0.673. The molecule has 0 spiro atoms. The highest BCUT2D eigenvalue weighted by atomic mass is 16.3. The summed E-state index contributed by atoms with van der Waals surface area (Å²) in [5.74, 6) is 0.748. The number of anilines is 1.